The number of aryl methyl sites for hydroxylation is 3. The van der Waals surface area contributed by atoms with E-state index in [-0.39, 0.29) is 0 Å². The Morgan fingerprint density at radius 1 is 0.657 bits per heavy atom. The summed E-state index contributed by atoms with van der Waals surface area (Å²) in [7, 11) is 2.12. The van der Waals surface area contributed by atoms with Gasteiger partial charge in [0.25, 0.3) is 0 Å². The number of pyridine rings is 1. The summed E-state index contributed by atoms with van der Waals surface area (Å²) in [6.07, 6.45) is 2.16. The van der Waals surface area contributed by atoms with Gasteiger partial charge in [0.15, 0.2) is 17.5 Å². The van der Waals surface area contributed by atoms with E-state index in [1.807, 2.05) is 12.1 Å². The van der Waals surface area contributed by atoms with Crippen LogP contribution < -0.4 is 9.30 Å². The maximum absolute atomic E-state index is 6.87. The molecule has 1 aliphatic rings. The van der Waals surface area contributed by atoms with Crippen LogP contribution in [0.15, 0.2) is 83.4 Å². The fourth-order valence-corrected chi connectivity index (χ4v) is 6.06. The van der Waals surface area contributed by atoms with Gasteiger partial charge in [-0.05, 0) is 70.6 Å². The summed E-state index contributed by atoms with van der Waals surface area (Å²) in [6, 6.07) is 25.8. The van der Waals surface area contributed by atoms with E-state index in [9.17, 15) is 0 Å². The average Bonchev–Trinajstić information content (AvgIpc) is 3.26. The van der Waals surface area contributed by atoms with Crippen molar-refractivity contribution in [2.75, 3.05) is 0 Å². The van der Waals surface area contributed by atoms with Crippen molar-refractivity contribution in [2.45, 2.75) is 13.8 Å². The van der Waals surface area contributed by atoms with Crippen molar-refractivity contribution >= 4 is 54.3 Å². The van der Waals surface area contributed by atoms with Gasteiger partial charge in [-0.25, -0.2) is 4.57 Å². The zero-order chi connectivity index (χ0) is 23.4. The van der Waals surface area contributed by atoms with Crippen molar-refractivity contribution in [1.82, 2.24) is 0 Å². The van der Waals surface area contributed by atoms with Gasteiger partial charge in [0, 0.05) is 22.4 Å². The van der Waals surface area contributed by atoms with Crippen molar-refractivity contribution in [3.63, 3.8) is 0 Å². The summed E-state index contributed by atoms with van der Waals surface area (Å²) in [5.41, 5.74) is 6.43. The summed E-state index contributed by atoms with van der Waals surface area (Å²) in [5, 5.41) is 9.47. The van der Waals surface area contributed by atoms with Crippen molar-refractivity contribution < 1.29 is 13.7 Å². The number of rotatable bonds is 0. The number of benzene rings is 5. The minimum Gasteiger partial charge on any atom is -0.452 e. The molecule has 5 aromatic carbocycles. The molecule has 0 N–H and O–H groups in total. The predicted molar refractivity (Wildman–Crippen MR) is 142 cm³/mol. The maximum atomic E-state index is 6.87. The predicted octanol–water partition coefficient (Wildman–Crippen LogP) is 8.26. The first-order valence-corrected chi connectivity index (χ1v) is 12.0. The van der Waals surface area contributed by atoms with E-state index in [2.05, 4.69) is 92.3 Å². The summed E-state index contributed by atoms with van der Waals surface area (Å²) in [4.78, 5) is 0. The Balaban J connectivity index is 1.58. The molecule has 3 heteroatoms. The molecule has 0 unspecified atom stereocenters. The molecule has 35 heavy (non-hydrogen) atoms. The summed E-state index contributed by atoms with van der Waals surface area (Å²) in [6.45, 7) is 4.40. The van der Waals surface area contributed by atoms with Crippen LogP contribution >= 0.6 is 0 Å². The molecule has 0 aliphatic carbocycles. The number of para-hydroxylation sites is 1. The van der Waals surface area contributed by atoms with Crippen LogP contribution in [0.1, 0.15) is 11.1 Å². The van der Waals surface area contributed by atoms with E-state index in [0.717, 1.165) is 49.8 Å². The third-order valence-electron chi connectivity index (χ3n) is 7.80. The molecule has 166 valence electrons. The van der Waals surface area contributed by atoms with Gasteiger partial charge in [0.2, 0.25) is 5.69 Å². The Labute approximate surface area is 201 Å². The number of hydrogen-bond acceptors (Lipinski definition) is 2. The Morgan fingerprint density at radius 2 is 1.34 bits per heavy atom. The number of aromatic nitrogens is 1. The molecule has 2 aromatic heterocycles. The Morgan fingerprint density at radius 3 is 2.14 bits per heavy atom. The first kappa shape index (κ1) is 19.0. The van der Waals surface area contributed by atoms with Gasteiger partial charge in [-0.1, -0.05) is 42.5 Å². The molecule has 8 rings (SSSR count). The largest absolute Gasteiger partial charge is 0.452 e. The molecule has 7 aromatic rings. The molecule has 0 atom stereocenters. The Bertz CT molecular complexity index is 2060. The van der Waals surface area contributed by atoms with E-state index < -0.39 is 0 Å². The van der Waals surface area contributed by atoms with E-state index >= 15 is 0 Å². The molecule has 1 aliphatic heterocycles. The molecule has 0 saturated carbocycles. The van der Waals surface area contributed by atoms with Crippen LogP contribution in [0.25, 0.3) is 65.5 Å². The van der Waals surface area contributed by atoms with Crippen LogP contribution in [0.3, 0.4) is 0 Å². The highest BCUT2D eigenvalue weighted by Crippen LogP contribution is 2.53. The average molecular weight is 453 g/mol. The lowest BCUT2D eigenvalue weighted by molar-refractivity contribution is -0.659. The number of nitrogens with zero attached hydrogens (tertiary/aromatic N) is 1. The van der Waals surface area contributed by atoms with Crippen molar-refractivity contribution in [3.8, 4) is 22.8 Å². The maximum Gasteiger partial charge on any atom is 0.228 e. The molecular weight excluding hydrogens is 430 g/mol. The van der Waals surface area contributed by atoms with Crippen molar-refractivity contribution in [2.24, 2.45) is 7.05 Å². The van der Waals surface area contributed by atoms with Crippen molar-refractivity contribution in [1.29, 1.82) is 0 Å². The van der Waals surface area contributed by atoms with Crippen LogP contribution in [0.5, 0.6) is 11.5 Å². The van der Waals surface area contributed by atoms with Crippen LogP contribution in [0.2, 0.25) is 0 Å². The van der Waals surface area contributed by atoms with Gasteiger partial charge >= 0.3 is 0 Å². The van der Waals surface area contributed by atoms with Gasteiger partial charge in [0.1, 0.15) is 23.8 Å². The molecule has 0 fully saturated rings. The SMILES string of the molecule is Cc1c2c(c(C)c3cc4ccccc4cc13)-c1c3c(c4oc5ccccc5c4cc3cc[n+]1C)O2. The van der Waals surface area contributed by atoms with Gasteiger partial charge < -0.3 is 9.15 Å². The third kappa shape index (κ3) is 2.33. The second kappa shape index (κ2) is 6.39. The fraction of sp³-hybridized carbons (Fsp3) is 0.0938. The molecule has 0 amide bonds. The lowest BCUT2D eigenvalue weighted by Crippen LogP contribution is -2.32. The number of furan rings is 1. The minimum atomic E-state index is 0.812. The molecule has 3 heterocycles. The van der Waals surface area contributed by atoms with Gasteiger partial charge in [-0.2, -0.15) is 0 Å². The molecule has 0 saturated heterocycles. The molecule has 3 nitrogen and oxygen atoms in total. The zero-order valence-corrected chi connectivity index (χ0v) is 19.8. The topological polar surface area (TPSA) is 26.2 Å². The smallest absolute Gasteiger partial charge is 0.228 e. The number of ether oxygens (including phenoxy) is 1. The molecule has 0 bridgehead atoms. The fourth-order valence-electron chi connectivity index (χ4n) is 6.06. The second-order valence-corrected chi connectivity index (χ2v) is 9.72. The zero-order valence-electron chi connectivity index (χ0n) is 19.8. The van der Waals surface area contributed by atoms with Gasteiger partial charge in [-0.3, -0.25) is 0 Å². The Hall–Kier alpha value is -4.37. The molecular formula is C32H22NO2+. The van der Waals surface area contributed by atoms with Gasteiger partial charge in [-0.15, -0.1) is 0 Å². The number of fused-ring (bicyclic) bond motifs is 8. The number of hydrogen-bond donors (Lipinski definition) is 0. The highest BCUT2D eigenvalue weighted by Gasteiger charge is 2.34. The first-order chi connectivity index (χ1) is 17.1. The van der Waals surface area contributed by atoms with Crippen LogP contribution in [-0.4, -0.2) is 0 Å². The summed E-state index contributed by atoms with van der Waals surface area (Å²) >= 11 is 0. The first-order valence-electron chi connectivity index (χ1n) is 12.0. The molecule has 0 radical (unpaired) electrons. The Kier molecular flexibility index (Phi) is 3.47. The monoisotopic (exact) mass is 452 g/mol. The van der Waals surface area contributed by atoms with E-state index in [0.29, 0.717) is 0 Å². The van der Waals surface area contributed by atoms with Crippen molar-refractivity contribution in [3.05, 3.63) is 90.1 Å². The highest BCUT2D eigenvalue weighted by atomic mass is 16.5. The summed E-state index contributed by atoms with van der Waals surface area (Å²) < 4.78 is 15.5. The lowest BCUT2D eigenvalue weighted by atomic mass is 9.88. The van der Waals surface area contributed by atoms with Crippen LogP contribution in [0, 0.1) is 13.8 Å². The van der Waals surface area contributed by atoms with Gasteiger partial charge in [0.05, 0.1) is 5.56 Å². The van der Waals surface area contributed by atoms with Crippen LogP contribution in [0.4, 0.5) is 0 Å². The van der Waals surface area contributed by atoms with Crippen LogP contribution in [-0.2, 0) is 7.05 Å². The van der Waals surface area contributed by atoms with E-state index in [1.165, 1.54) is 38.4 Å². The van der Waals surface area contributed by atoms with E-state index in [4.69, 9.17) is 9.15 Å². The quantitative estimate of drug-likeness (QED) is 0.171. The van der Waals surface area contributed by atoms with E-state index in [1.54, 1.807) is 0 Å². The third-order valence-corrected chi connectivity index (χ3v) is 7.80. The summed E-state index contributed by atoms with van der Waals surface area (Å²) in [5.74, 6) is 1.74. The standard InChI is InChI=1S/C32H22NO2/c1-17-23-14-19-8-4-5-9-20(19)15-24(23)18(2)30-27(17)29-28-21(12-13-33(29)3)16-25-22-10-6-7-11-26(22)34-31(25)32(28)35-30/h4-16H,1-3H3/q+1. The normalized spacial score (nSPS) is 12.7. The minimum absolute atomic E-state index is 0.812. The lowest BCUT2D eigenvalue weighted by Gasteiger charge is -2.24. The molecule has 0 spiro atoms. The second-order valence-electron chi connectivity index (χ2n) is 9.72. The highest BCUT2D eigenvalue weighted by molar-refractivity contribution is 6.18.